The Morgan fingerprint density at radius 3 is 2.11 bits per heavy atom. The molecular formula is C14H26N2O2. The summed E-state index contributed by atoms with van der Waals surface area (Å²) in [4.78, 5) is 26.5. The number of nitrogens with one attached hydrogen (secondary N) is 1. The van der Waals surface area contributed by atoms with Gasteiger partial charge >= 0.3 is 0 Å². The molecule has 0 saturated carbocycles. The number of nitrogens with zero attached hydrogens (tertiary/aromatic N) is 1. The summed E-state index contributed by atoms with van der Waals surface area (Å²) in [6, 6.07) is -0.637. The van der Waals surface area contributed by atoms with E-state index >= 15 is 0 Å². The van der Waals surface area contributed by atoms with Crippen LogP contribution in [0.5, 0.6) is 0 Å². The molecule has 0 spiro atoms. The second-order valence-corrected chi connectivity index (χ2v) is 5.90. The van der Waals surface area contributed by atoms with E-state index in [1.54, 1.807) is 4.90 Å². The first-order chi connectivity index (χ1) is 8.31. The summed E-state index contributed by atoms with van der Waals surface area (Å²) in [5.41, 5.74) is 0. The van der Waals surface area contributed by atoms with E-state index in [1.807, 2.05) is 34.6 Å². The number of carbonyl (C=O) groups excluding carboxylic acids is 2. The molecule has 1 fully saturated rings. The van der Waals surface area contributed by atoms with Crippen LogP contribution in [0.25, 0.3) is 0 Å². The van der Waals surface area contributed by atoms with Crippen LogP contribution in [0.4, 0.5) is 0 Å². The molecule has 0 aliphatic carbocycles. The third-order valence-corrected chi connectivity index (χ3v) is 3.79. The quantitative estimate of drug-likeness (QED) is 0.831. The van der Waals surface area contributed by atoms with E-state index in [1.165, 1.54) is 0 Å². The van der Waals surface area contributed by atoms with Crippen molar-refractivity contribution in [2.45, 2.75) is 66.1 Å². The van der Waals surface area contributed by atoms with Gasteiger partial charge in [-0.2, -0.15) is 0 Å². The van der Waals surface area contributed by atoms with Crippen molar-refractivity contribution in [2.75, 3.05) is 0 Å². The summed E-state index contributed by atoms with van der Waals surface area (Å²) >= 11 is 0. The highest BCUT2D eigenvalue weighted by molar-refractivity contribution is 5.97. The van der Waals surface area contributed by atoms with E-state index in [-0.39, 0.29) is 41.8 Å². The summed E-state index contributed by atoms with van der Waals surface area (Å²) in [7, 11) is 0. The third kappa shape index (κ3) is 2.68. The molecule has 0 aromatic heterocycles. The van der Waals surface area contributed by atoms with Gasteiger partial charge in [-0.1, -0.05) is 34.1 Å². The number of piperazine rings is 1. The minimum Gasteiger partial charge on any atom is -0.342 e. The third-order valence-electron chi connectivity index (χ3n) is 3.79. The zero-order valence-electron chi connectivity index (χ0n) is 12.4. The van der Waals surface area contributed by atoms with Crippen LogP contribution in [0.1, 0.15) is 48.0 Å². The van der Waals surface area contributed by atoms with Crippen LogP contribution in [-0.2, 0) is 9.59 Å². The first-order valence-electron chi connectivity index (χ1n) is 6.93. The zero-order valence-corrected chi connectivity index (χ0v) is 12.4. The molecule has 2 amide bonds. The van der Waals surface area contributed by atoms with Crippen molar-refractivity contribution in [2.24, 2.45) is 11.8 Å². The average Bonchev–Trinajstić information content (AvgIpc) is 2.29. The molecule has 1 aliphatic heterocycles. The smallest absolute Gasteiger partial charge is 0.246 e. The summed E-state index contributed by atoms with van der Waals surface area (Å²) in [6.07, 6.45) is 0.890. The number of amides is 2. The highest BCUT2D eigenvalue weighted by Crippen LogP contribution is 2.24. The van der Waals surface area contributed by atoms with Gasteiger partial charge in [0.05, 0.1) is 0 Å². The predicted molar refractivity (Wildman–Crippen MR) is 72.0 cm³/mol. The fourth-order valence-electron chi connectivity index (χ4n) is 2.51. The van der Waals surface area contributed by atoms with Crippen LogP contribution in [0.3, 0.4) is 0 Å². The Morgan fingerprint density at radius 1 is 1.17 bits per heavy atom. The average molecular weight is 254 g/mol. The lowest BCUT2D eigenvalue weighted by Gasteiger charge is -2.44. The van der Waals surface area contributed by atoms with E-state index in [4.69, 9.17) is 0 Å². The minimum absolute atomic E-state index is 0.00338. The molecule has 1 saturated heterocycles. The minimum atomic E-state index is -0.375. The van der Waals surface area contributed by atoms with Gasteiger partial charge in [-0.3, -0.25) is 9.59 Å². The van der Waals surface area contributed by atoms with Gasteiger partial charge < -0.3 is 10.2 Å². The summed E-state index contributed by atoms with van der Waals surface area (Å²) in [5, 5.41) is 2.89. The van der Waals surface area contributed by atoms with Crippen molar-refractivity contribution in [3.63, 3.8) is 0 Å². The van der Waals surface area contributed by atoms with Gasteiger partial charge in [-0.05, 0) is 25.7 Å². The van der Waals surface area contributed by atoms with E-state index in [2.05, 4.69) is 12.2 Å². The molecule has 0 bridgehead atoms. The Balaban J connectivity index is 3.07. The maximum Gasteiger partial charge on any atom is 0.246 e. The van der Waals surface area contributed by atoms with Gasteiger partial charge in [0.2, 0.25) is 11.8 Å². The molecule has 3 unspecified atom stereocenters. The van der Waals surface area contributed by atoms with Crippen molar-refractivity contribution in [3.8, 4) is 0 Å². The summed E-state index contributed by atoms with van der Waals surface area (Å²) in [5.74, 6) is 0.367. The second-order valence-electron chi connectivity index (χ2n) is 5.90. The van der Waals surface area contributed by atoms with Gasteiger partial charge in [0.15, 0.2) is 0 Å². The lowest BCUT2D eigenvalue weighted by molar-refractivity contribution is -0.155. The van der Waals surface area contributed by atoms with Crippen molar-refractivity contribution in [1.29, 1.82) is 0 Å². The van der Waals surface area contributed by atoms with E-state index in [9.17, 15) is 9.59 Å². The predicted octanol–water partition coefficient (Wildman–Crippen LogP) is 1.79. The largest absolute Gasteiger partial charge is 0.342 e. The molecular weight excluding hydrogens is 228 g/mol. The van der Waals surface area contributed by atoms with Crippen molar-refractivity contribution in [3.05, 3.63) is 0 Å². The van der Waals surface area contributed by atoms with E-state index in [0.29, 0.717) is 0 Å². The number of rotatable bonds is 4. The highest BCUT2D eigenvalue weighted by Gasteiger charge is 2.44. The molecule has 4 heteroatoms. The lowest BCUT2D eigenvalue weighted by atomic mass is 9.89. The van der Waals surface area contributed by atoms with Crippen LogP contribution in [-0.4, -0.2) is 34.8 Å². The summed E-state index contributed by atoms with van der Waals surface area (Å²) < 4.78 is 0. The van der Waals surface area contributed by atoms with Crippen LogP contribution in [0.2, 0.25) is 0 Å². The molecule has 0 aromatic rings. The van der Waals surface area contributed by atoms with Gasteiger partial charge in [-0.25, -0.2) is 0 Å². The van der Waals surface area contributed by atoms with Crippen LogP contribution < -0.4 is 5.32 Å². The Hall–Kier alpha value is -1.06. The highest BCUT2D eigenvalue weighted by atomic mass is 16.2. The monoisotopic (exact) mass is 254 g/mol. The molecule has 1 rings (SSSR count). The number of hydrogen-bond donors (Lipinski definition) is 1. The van der Waals surface area contributed by atoms with E-state index < -0.39 is 0 Å². The molecule has 18 heavy (non-hydrogen) atoms. The normalized spacial score (nSPS) is 26.8. The molecule has 1 N–H and O–H groups in total. The van der Waals surface area contributed by atoms with E-state index in [0.717, 1.165) is 6.42 Å². The Labute approximate surface area is 110 Å². The van der Waals surface area contributed by atoms with Crippen LogP contribution in [0, 0.1) is 11.8 Å². The van der Waals surface area contributed by atoms with Gasteiger partial charge in [0.1, 0.15) is 12.1 Å². The molecule has 3 atom stereocenters. The van der Waals surface area contributed by atoms with Crippen LogP contribution >= 0.6 is 0 Å². The Morgan fingerprint density at radius 2 is 1.72 bits per heavy atom. The van der Waals surface area contributed by atoms with Crippen molar-refractivity contribution >= 4 is 11.8 Å². The topological polar surface area (TPSA) is 49.4 Å². The zero-order chi connectivity index (χ0) is 14.0. The molecule has 4 nitrogen and oxygen atoms in total. The molecule has 104 valence electrons. The maximum absolute atomic E-state index is 12.5. The summed E-state index contributed by atoms with van der Waals surface area (Å²) in [6.45, 7) is 12.0. The maximum atomic E-state index is 12.5. The standard InChI is InChI=1S/C14H26N2O2/c1-7-10(6)12-13(17)15-11(8(2)3)14(18)16(12)9(4)5/h8-12H,7H2,1-6H3,(H,15,17). The van der Waals surface area contributed by atoms with Crippen molar-refractivity contribution in [1.82, 2.24) is 10.2 Å². The number of carbonyl (C=O) groups is 2. The first-order valence-corrected chi connectivity index (χ1v) is 6.93. The number of hydrogen-bond acceptors (Lipinski definition) is 2. The lowest BCUT2D eigenvalue weighted by Crippen LogP contribution is -2.67. The Bertz CT molecular complexity index is 326. The molecule has 1 heterocycles. The molecule has 1 aliphatic rings. The first kappa shape index (κ1) is 15.0. The molecule has 0 aromatic carbocycles. The van der Waals surface area contributed by atoms with Crippen LogP contribution in [0.15, 0.2) is 0 Å². The SMILES string of the molecule is CCC(C)C1C(=O)NC(C(C)C)C(=O)N1C(C)C. The fourth-order valence-corrected chi connectivity index (χ4v) is 2.51. The fraction of sp³-hybridized carbons (Fsp3) is 0.857. The van der Waals surface area contributed by atoms with Gasteiger partial charge in [0, 0.05) is 6.04 Å². The van der Waals surface area contributed by atoms with Crippen molar-refractivity contribution < 1.29 is 9.59 Å². The Kier molecular flexibility index (Phi) is 4.77. The van der Waals surface area contributed by atoms with Gasteiger partial charge in [-0.15, -0.1) is 0 Å². The molecule has 0 radical (unpaired) electrons. The van der Waals surface area contributed by atoms with Gasteiger partial charge in [0.25, 0.3) is 0 Å². The second kappa shape index (κ2) is 5.72.